The van der Waals surface area contributed by atoms with Crippen LogP contribution in [0.2, 0.25) is 0 Å². The van der Waals surface area contributed by atoms with Crippen molar-refractivity contribution in [1.82, 2.24) is 0 Å². The van der Waals surface area contributed by atoms with Crippen LogP contribution in [0.3, 0.4) is 0 Å². The predicted molar refractivity (Wildman–Crippen MR) is 60.9 cm³/mol. The van der Waals surface area contributed by atoms with Gasteiger partial charge in [0.15, 0.2) is 0 Å². The van der Waals surface area contributed by atoms with E-state index in [4.69, 9.17) is 5.53 Å². The third-order valence-electron chi connectivity index (χ3n) is 2.83. The molecule has 0 heterocycles. The molecule has 0 unspecified atom stereocenters. The molecule has 2 N–H and O–H groups in total. The first-order valence-electron chi connectivity index (χ1n) is 5.30. The number of hydrogen-bond donors (Lipinski definition) is 2. The summed E-state index contributed by atoms with van der Waals surface area (Å²) in [5.41, 5.74) is 6.16. The van der Waals surface area contributed by atoms with Crippen LogP contribution in [0.1, 0.15) is 12.5 Å². The van der Waals surface area contributed by atoms with Crippen LogP contribution in [0.25, 0.3) is 10.4 Å². The molecule has 19 heavy (non-hydrogen) atoms. The van der Waals surface area contributed by atoms with Gasteiger partial charge >= 0.3 is 0 Å². The number of hydrogen-bond acceptors (Lipinski definition) is 3. The molecular weight excluding hydrogens is 263 g/mol. The minimum atomic E-state index is -3.25. The van der Waals surface area contributed by atoms with Gasteiger partial charge in [-0.15, -0.1) is 0 Å². The standard InChI is InChI=1S/C11H12F3N3O2/c1-11(16-17-15,9(19)8(18)10(13)14)6-4-2-3-5-7(6)12/h2-5,8-10,18-19H,1H3/t8-,9-,11+/m0/s1. The monoisotopic (exact) mass is 275 g/mol. The van der Waals surface area contributed by atoms with Gasteiger partial charge in [-0.05, 0) is 18.5 Å². The molecule has 0 fully saturated rings. The fourth-order valence-electron chi connectivity index (χ4n) is 1.71. The van der Waals surface area contributed by atoms with E-state index in [0.29, 0.717) is 0 Å². The molecule has 1 rings (SSSR count). The van der Waals surface area contributed by atoms with E-state index >= 15 is 0 Å². The molecule has 0 saturated carbocycles. The lowest BCUT2D eigenvalue weighted by Crippen LogP contribution is -2.46. The summed E-state index contributed by atoms with van der Waals surface area (Å²) in [7, 11) is 0. The molecule has 0 saturated heterocycles. The highest BCUT2D eigenvalue weighted by atomic mass is 19.3. The number of benzene rings is 1. The van der Waals surface area contributed by atoms with Crippen LogP contribution in [0.15, 0.2) is 29.4 Å². The molecule has 3 atom stereocenters. The van der Waals surface area contributed by atoms with Crippen LogP contribution < -0.4 is 0 Å². The fraction of sp³-hybridized carbons (Fsp3) is 0.455. The van der Waals surface area contributed by atoms with Crippen molar-refractivity contribution in [2.24, 2.45) is 5.11 Å². The summed E-state index contributed by atoms with van der Waals surface area (Å²) in [4.78, 5) is 2.43. The summed E-state index contributed by atoms with van der Waals surface area (Å²) in [6, 6.07) is 4.96. The number of halogens is 3. The molecule has 0 aliphatic carbocycles. The molecule has 0 aliphatic heterocycles. The van der Waals surface area contributed by atoms with Gasteiger partial charge in [-0.3, -0.25) is 0 Å². The van der Waals surface area contributed by atoms with Crippen molar-refractivity contribution in [2.45, 2.75) is 31.1 Å². The molecule has 0 radical (unpaired) electrons. The Bertz CT molecular complexity index is 494. The second kappa shape index (κ2) is 5.92. The summed E-state index contributed by atoms with van der Waals surface area (Å²) < 4.78 is 38.5. The third kappa shape index (κ3) is 2.98. The maximum Gasteiger partial charge on any atom is 0.266 e. The minimum absolute atomic E-state index is 0.278. The number of azide groups is 1. The second-order valence-corrected chi connectivity index (χ2v) is 4.09. The average molecular weight is 275 g/mol. The zero-order valence-electron chi connectivity index (χ0n) is 9.91. The van der Waals surface area contributed by atoms with E-state index in [9.17, 15) is 23.4 Å². The van der Waals surface area contributed by atoms with Gasteiger partial charge in [0.2, 0.25) is 0 Å². The molecule has 0 aliphatic rings. The molecule has 104 valence electrons. The van der Waals surface area contributed by atoms with E-state index in [2.05, 4.69) is 10.0 Å². The Morgan fingerprint density at radius 1 is 1.32 bits per heavy atom. The van der Waals surface area contributed by atoms with Crippen molar-refractivity contribution >= 4 is 0 Å². The van der Waals surface area contributed by atoms with E-state index in [1.165, 1.54) is 18.2 Å². The van der Waals surface area contributed by atoms with Gasteiger partial charge in [0.1, 0.15) is 23.6 Å². The van der Waals surface area contributed by atoms with Crippen LogP contribution >= 0.6 is 0 Å². The second-order valence-electron chi connectivity index (χ2n) is 4.09. The van der Waals surface area contributed by atoms with E-state index in [0.717, 1.165) is 13.0 Å². The normalized spacial score (nSPS) is 17.4. The molecular formula is C11H12F3N3O2. The first-order valence-corrected chi connectivity index (χ1v) is 5.30. The maximum absolute atomic E-state index is 13.7. The van der Waals surface area contributed by atoms with Gasteiger partial charge in [-0.25, -0.2) is 13.2 Å². The van der Waals surface area contributed by atoms with Crippen LogP contribution in [-0.2, 0) is 5.54 Å². The quantitative estimate of drug-likeness (QED) is 0.490. The number of aliphatic hydroxyl groups is 2. The van der Waals surface area contributed by atoms with Gasteiger partial charge in [0.05, 0.1) is 0 Å². The zero-order valence-corrected chi connectivity index (χ0v) is 9.91. The fourth-order valence-corrected chi connectivity index (χ4v) is 1.71. The molecule has 1 aromatic carbocycles. The van der Waals surface area contributed by atoms with E-state index < -0.39 is 30.0 Å². The molecule has 8 heteroatoms. The van der Waals surface area contributed by atoms with Gasteiger partial charge in [0.25, 0.3) is 6.43 Å². The SMILES string of the molecule is C[C@@](N=[N+]=[N-])(c1ccccc1F)[C@@H](O)[C@H](O)C(F)F. The first kappa shape index (κ1) is 15.3. The molecule has 5 nitrogen and oxygen atoms in total. The number of nitrogens with zero attached hydrogens (tertiary/aromatic N) is 3. The minimum Gasteiger partial charge on any atom is -0.389 e. The van der Waals surface area contributed by atoms with Crippen LogP contribution in [0.5, 0.6) is 0 Å². The summed E-state index contributed by atoms with van der Waals surface area (Å²) in [5, 5.41) is 22.1. The lowest BCUT2D eigenvalue weighted by molar-refractivity contribution is -0.100. The molecule has 1 aromatic rings. The Morgan fingerprint density at radius 2 is 1.89 bits per heavy atom. The van der Waals surface area contributed by atoms with Crippen LogP contribution in [0, 0.1) is 5.82 Å². The largest absolute Gasteiger partial charge is 0.389 e. The highest BCUT2D eigenvalue weighted by Crippen LogP contribution is 2.34. The average Bonchev–Trinajstić information content (AvgIpc) is 2.37. The van der Waals surface area contributed by atoms with Crippen molar-refractivity contribution in [3.63, 3.8) is 0 Å². The number of aliphatic hydroxyl groups excluding tert-OH is 2. The van der Waals surface area contributed by atoms with Crippen LogP contribution in [-0.4, -0.2) is 28.8 Å². The molecule has 0 amide bonds. The summed E-state index contributed by atoms with van der Waals surface area (Å²) in [5.74, 6) is -0.835. The summed E-state index contributed by atoms with van der Waals surface area (Å²) in [6.07, 6.45) is -7.87. The van der Waals surface area contributed by atoms with Gasteiger partial charge in [-0.2, -0.15) is 0 Å². The van der Waals surface area contributed by atoms with Crippen LogP contribution in [0.4, 0.5) is 13.2 Å². The predicted octanol–water partition coefficient (Wildman–Crippen LogP) is 2.34. The lowest BCUT2D eigenvalue weighted by Gasteiger charge is -2.33. The Kier molecular flexibility index (Phi) is 4.77. The van der Waals surface area contributed by atoms with Gasteiger partial charge < -0.3 is 10.2 Å². The topological polar surface area (TPSA) is 89.2 Å². The smallest absolute Gasteiger partial charge is 0.266 e. The number of alkyl halides is 2. The van der Waals surface area contributed by atoms with Gasteiger partial charge in [0, 0.05) is 10.5 Å². The Morgan fingerprint density at radius 3 is 2.37 bits per heavy atom. The van der Waals surface area contributed by atoms with E-state index in [1.807, 2.05) is 0 Å². The van der Waals surface area contributed by atoms with Crippen molar-refractivity contribution in [2.75, 3.05) is 0 Å². The Labute approximate surface area is 106 Å². The molecule has 0 bridgehead atoms. The van der Waals surface area contributed by atoms with Crippen molar-refractivity contribution in [3.8, 4) is 0 Å². The summed E-state index contributed by atoms with van der Waals surface area (Å²) >= 11 is 0. The van der Waals surface area contributed by atoms with Crippen molar-refractivity contribution in [3.05, 3.63) is 46.1 Å². The number of rotatable bonds is 5. The van der Waals surface area contributed by atoms with E-state index in [-0.39, 0.29) is 5.56 Å². The third-order valence-corrected chi connectivity index (χ3v) is 2.83. The zero-order chi connectivity index (χ0) is 14.6. The van der Waals surface area contributed by atoms with E-state index in [1.54, 1.807) is 0 Å². The molecule has 0 aromatic heterocycles. The lowest BCUT2D eigenvalue weighted by atomic mass is 9.84. The highest BCUT2D eigenvalue weighted by molar-refractivity contribution is 5.28. The highest BCUT2D eigenvalue weighted by Gasteiger charge is 2.43. The maximum atomic E-state index is 13.7. The molecule has 0 spiro atoms. The van der Waals surface area contributed by atoms with Crippen molar-refractivity contribution < 1.29 is 23.4 Å². The summed E-state index contributed by atoms with van der Waals surface area (Å²) in [6.45, 7) is 1.07. The van der Waals surface area contributed by atoms with Gasteiger partial charge in [-0.1, -0.05) is 23.3 Å². The van der Waals surface area contributed by atoms with Crippen molar-refractivity contribution in [1.29, 1.82) is 0 Å². The first-order chi connectivity index (χ1) is 8.84. The Hall–Kier alpha value is -1.76. The Balaban J connectivity index is 3.33.